The predicted molar refractivity (Wildman–Crippen MR) is 87.8 cm³/mol. The number of amides is 1. The van der Waals surface area contributed by atoms with Crippen molar-refractivity contribution in [2.24, 2.45) is 0 Å². The highest BCUT2D eigenvalue weighted by molar-refractivity contribution is 9.10. The van der Waals surface area contributed by atoms with Crippen LogP contribution in [0.4, 0.5) is 0 Å². The molecular weight excluding hydrogens is 346 g/mol. The van der Waals surface area contributed by atoms with Crippen LogP contribution in [0.1, 0.15) is 39.2 Å². The van der Waals surface area contributed by atoms with E-state index >= 15 is 0 Å². The first kappa shape index (κ1) is 16.2. The summed E-state index contributed by atoms with van der Waals surface area (Å²) in [5, 5.41) is 2.93. The fraction of sp³-hybridized carbons (Fsp3) is 0.176. The van der Waals surface area contributed by atoms with E-state index < -0.39 is 5.97 Å². The first-order valence-electron chi connectivity index (χ1n) is 6.76. The number of nitrogens with one attached hydrogen (secondary N) is 1. The molecule has 0 radical (unpaired) electrons. The number of methoxy groups -OCH3 is 1. The molecule has 0 aromatic heterocycles. The smallest absolute Gasteiger partial charge is 0.337 e. The van der Waals surface area contributed by atoms with Crippen molar-refractivity contribution in [2.45, 2.75) is 13.0 Å². The zero-order valence-corrected chi connectivity index (χ0v) is 13.9. The number of halogens is 1. The fourth-order valence-corrected chi connectivity index (χ4v) is 2.69. The number of carbonyl (C=O) groups excluding carboxylic acids is 2. The Bertz CT molecular complexity index is 683. The number of esters is 1. The minimum absolute atomic E-state index is 0.136. The van der Waals surface area contributed by atoms with Gasteiger partial charge in [-0.3, -0.25) is 4.79 Å². The van der Waals surface area contributed by atoms with Crippen molar-refractivity contribution in [3.05, 3.63) is 69.7 Å². The molecule has 0 spiro atoms. The zero-order chi connectivity index (χ0) is 16.1. The second-order valence-electron chi connectivity index (χ2n) is 4.79. The fourth-order valence-electron chi connectivity index (χ4n) is 2.06. The van der Waals surface area contributed by atoms with E-state index in [1.54, 1.807) is 24.3 Å². The van der Waals surface area contributed by atoms with Crippen LogP contribution in [0.2, 0.25) is 0 Å². The molecule has 1 atom stereocenters. The van der Waals surface area contributed by atoms with E-state index in [0.29, 0.717) is 11.1 Å². The summed E-state index contributed by atoms with van der Waals surface area (Å²) in [7, 11) is 1.32. The molecule has 22 heavy (non-hydrogen) atoms. The van der Waals surface area contributed by atoms with E-state index in [9.17, 15) is 9.59 Å². The third-order valence-corrected chi connectivity index (χ3v) is 4.01. The van der Waals surface area contributed by atoms with Gasteiger partial charge in [0.15, 0.2) is 0 Å². The molecule has 1 N–H and O–H groups in total. The third-order valence-electron chi connectivity index (χ3n) is 3.29. The summed E-state index contributed by atoms with van der Waals surface area (Å²) in [6.45, 7) is 1.92. The summed E-state index contributed by atoms with van der Waals surface area (Å²) < 4.78 is 5.58. The lowest BCUT2D eigenvalue weighted by molar-refractivity contribution is 0.0600. The van der Waals surface area contributed by atoms with Crippen LogP contribution < -0.4 is 5.32 Å². The molecule has 0 saturated heterocycles. The minimum atomic E-state index is -0.423. The minimum Gasteiger partial charge on any atom is -0.465 e. The zero-order valence-electron chi connectivity index (χ0n) is 12.3. The maximum Gasteiger partial charge on any atom is 0.337 e. The van der Waals surface area contributed by atoms with Gasteiger partial charge in [-0.05, 0) is 42.8 Å². The Kier molecular flexibility index (Phi) is 5.33. The van der Waals surface area contributed by atoms with Crippen molar-refractivity contribution < 1.29 is 14.3 Å². The lowest BCUT2D eigenvalue weighted by Gasteiger charge is -2.16. The number of hydrogen-bond acceptors (Lipinski definition) is 3. The highest BCUT2D eigenvalue weighted by Crippen LogP contribution is 2.23. The molecular formula is C17H16BrNO3. The van der Waals surface area contributed by atoms with Gasteiger partial charge < -0.3 is 10.1 Å². The van der Waals surface area contributed by atoms with E-state index in [1.165, 1.54) is 7.11 Å². The average molecular weight is 362 g/mol. The molecule has 0 aliphatic carbocycles. The van der Waals surface area contributed by atoms with Gasteiger partial charge in [0.1, 0.15) is 0 Å². The van der Waals surface area contributed by atoms with E-state index in [-0.39, 0.29) is 11.9 Å². The third kappa shape index (κ3) is 3.74. The Hall–Kier alpha value is -2.14. The Balaban J connectivity index is 2.09. The molecule has 0 aliphatic heterocycles. The summed E-state index contributed by atoms with van der Waals surface area (Å²) >= 11 is 3.47. The van der Waals surface area contributed by atoms with Gasteiger partial charge in [-0.25, -0.2) is 4.79 Å². The van der Waals surface area contributed by atoms with Crippen molar-refractivity contribution in [3.8, 4) is 0 Å². The van der Waals surface area contributed by atoms with Gasteiger partial charge in [-0.1, -0.05) is 34.1 Å². The lowest BCUT2D eigenvalue weighted by Crippen LogP contribution is -2.26. The van der Waals surface area contributed by atoms with E-state index in [0.717, 1.165) is 10.0 Å². The molecule has 2 aromatic rings. The van der Waals surface area contributed by atoms with Crippen molar-refractivity contribution in [3.63, 3.8) is 0 Å². The van der Waals surface area contributed by atoms with Gasteiger partial charge in [0.2, 0.25) is 0 Å². The van der Waals surface area contributed by atoms with Gasteiger partial charge in [-0.2, -0.15) is 0 Å². The van der Waals surface area contributed by atoms with Crippen LogP contribution in [-0.4, -0.2) is 19.0 Å². The van der Waals surface area contributed by atoms with E-state index in [2.05, 4.69) is 26.0 Å². The molecule has 0 heterocycles. The molecule has 2 rings (SSSR count). The average Bonchev–Trinajstić information content (AvgIpc) is 2.54. The topological polar surface area (TPSA) is 55.4 Å². The molecule has 0 bridgehead atoms. The van der Waals surface area contributed by atoms with Crippen molar-refractivity contribution >= 4 is 27.8 Å². The summed E-state index contributed by atoms with van der Waals surface area (Å²) in [5.41, 5.74) is 1.91. The Morgan fingerprint density at radius 2 is 1.64 bits per heavy atom. The first-order chi connectivity index (χ1) is 10.5. The van der Waals surface area contributed by atoms with Crippen LogP contribution in [-0.2, 0) is 4.74 Å². The van der Waals surface area contributed by atoms with Gasteiger partial charge >= 0.3 is 5.97 Å². The number of rotatable bonds is 4. The normalized spacial score (nSPS) is 11.6. The van der Waals surface area contributed by atoms with Crippen LogP contribution in [0.5, 0.6) is 0 Å². The quantitative estimate of drug-likeness (QED) is 0.844. The van der Waals surface area contributed by atoms with Crippen LogP contribution >= 0.6 is 15.9 Å². The first-order valence-corrected chi connectivity index (χ1v) is 7.56. The largest absolute Gasteiger partial charge is 0.465 e. The summed E-state index contributed by atoms with van der Waals surface area (Å²) in [6, 6.07) is 14.0. The highest BCUT2D eigenvalue weighted by Gasteiger charge is 2.14. The number of benzene rings is 2. The summed E-state index contributed by atoms with van der Waals surface area (Å²) in [4.78, 5) is 23.6. The molecule has 0 fully saturated rings. The van der Waals surface area contributed by atoms with Crippen LogP contribution in [0.3, 0.4) is 0 Å². The Morgan fingerprint density at radius 3 is 2.23 bits per heavy atom. The molecule has 0 unspecified atom stereocenters. The van der Waals surface area contributed by atoms with E-state index in [4.69, 9.17) is 0 Å². The number of ether oxygens (including phenoxy) is 1. The van der Waals surface area contributed by atoms with E-state index in [1.807, 2.05) is 31.2 Å². The molecule has 1 amide bonds. The lowest BCUT2D eigenvalue weighted by atomic mass is 10.1. The van der Waals surface area contributed by atoms with Gasteiger partial charge in [0.25, 0.3) is 5.91 Å². The Morgan fingerprint density at radius 1 is 1.05 bits per heavy atom. The maximum absolute atomic E-state index is 12.2. The maximum atomic E-state index is 12.2. The van der Waals surface area contributed by atoms with Crippen molar-refractivity contribution in [2.75, 3.05) is 7.11 Å². The second-order valence-corrected chi connectivity index (χ2v) is 5.64. The number of hydrogen-bond donors (Lipinski definition) is 1. The van der Waals surface area contributed by atoms with Crippen LogP contribution in [0.15, 0.2) is 53.0 Å². The standard InChI is InChI=1S/C17H16BrNO3/c1-11(14-5-3-4-6-15(14)18)19-16(20)12-7-9-13(10-8-12)17(21)22-2/h3-11H,1-2H3,(H,19,20)/t11-/m1/s1. The monoisotopic (exact) mass is 361 g/mol. The highest BCUT2D eigenvalue weighted by atomic mass is 79.9. The van der Waals surface area contributed by atoms with Crippen LogP contribution in [0.25, 0.3) is 0 Å². The molecule has 5 heteroatoms. The van der Waals surface area contributed by atoms with Crippen molar-refractivity contribution in [1.29, 1.82) is 0 Å². The summed E-state index contributed by atoms with van der Waals surface area (Å²) in [5.74, 6) is -0.617. The molecule has 114 valence electrons. The van der Waals surface area contributed by atoms with Gasteiger partial charge in [0, 0.05) is 10.0 Å². The second kappa shape index (κ2) is 7.22. The van der Waals surface area contributed by atoms with Gasteiger partial charge in [0.05, 0.1) is 18.7 Å². The Labute approximate surface area is 137 Å². The predicted octanol–water partition coefficient (Wildman–Crippen LogP) is 3.73. The summed E-state index contributed by atoms with van der Waals surface area (Å²) in [6.07, 6.45) is 0. The molecule has 0 aliphatic rings. The van der Waals surface area contributed by atoms with Crippen molar-refractivity contribution in [1.82, 2.24) is 5.32 Å². The van der Waals surface area contributed by atoms with Gasteiger partial charge in [-0.15, -0.1) is 0 Å². The van der Waals surface area contributed by atoms with Crippen LogP contribution in [0, 0.1) is 0 Å². The molecule has 0 saturated carbocycles. The molecule has 4 nitrogen and oxygen atoms in total. The molecule has 2 aromatic carbocycles. The SMILES string of the molecule is COC(=O)c1ccc(C(=O)N[C@H](C)c2ccccc2Br)cc1. The number of carbonyl (C=O) groups is 2.